The van der Waals surface area contributed by atoms with Gasteiger partial charge < -0.3 is 0 Å². The molecule has 0 amide bonds. The Morgan fingerprint density at radius 1 is 1.31 bits per heavy atom. The third kappa shape index (κ3) is 2.69. The number of unbranched alkanes of at least 4 members (excludes halogenated alkanes) is 1. The van der Waals surface area contributed by atoms with E-state index in [-0.39, 0.29) is 0 Å². The van der Waals surface area contributed by atoms with Crippen molar-refractivity contribution in [3.63, 3.8) is 0 Å². The van der Waals surface area contributed by atoms with Gasteiger partial charge in [-0.25, -0.2) is 4.68 Å². The first-order valence-corrected chi connectivity index (χ1v) is 5.25. The van der Waals surface area contributed by atoms with Crippen molar-refractivity contribution in [2.45, 2.75) is 46.1 Å². The molecule has 0 aliphatic rings. The number of hydrogen-bond donors (Lipinski definition) is 0. The molecule has 0 aliphatic heterocycles. The standard InChI is InChI=1S/C9H16ClN3/c1-3-5-6-8-9(10)13(7-4-2)12-11-8/h3-7H2,1-2H3. The van der Waals surface area contributed by atoms with Crippen molar-refractivity contribution in [3.05, 3.63) is 10.8 Å². The van der Waals surface area contributed by atoms with Crippen LogP contribution in [0.4, 0.5) is 0 Å². The third-order valence-electron chi connectivity index (χ3n) is 1.94. The van der Waals surface area contributed by atoms with Crippen LogP contribution in [0.25, 0.3) is 0 Å². The minimum absolute atomic E-state index is 0.718. The molecule has 0 N–H and O–H groups in total. The van der Waals surface area contributed by atoms with Gasteiger partial charge in [0.15, 0.2) is 0 Å². The van der Waals surface area contributed by atoms with Gasteiger partial charge in [0.05, 0.1) is 0 Å². The van der Waals surface area contributed by atoms with Crippen LogP contribution in [0, 0.1) is 0 Å². The van der Waals surface area contributed by atoms with Gasteiger partial charge in [-0.1, -0.05) is 37.1 Å². The third-order valence-corrected chi connectivity index (χ3v) is 2.35. The van der Waals surface area contributed by atoms with E-state index in [1.165, 1.54) is 0 Å². The zero-order valence-corrected chi connectivity index (χ0v) is 9.01. The molecule has 1 aromatic rings. The predicted octanol–water partition coefficient (Wildman–Crippen LogP) is 2.68. The highest BCUT2D eigenvalue weighted by Gasteiger charge is 2.08. The SMILES string of the molecule is CCCCc1nnn(CCC)c1Cl. The molecule has 0 aromatic carbocycles. The zero-order chi connectivity index (χ0) is 9.68. The first-order valence-electron chi connectivity index (χ1n) is 4.87. The molecule has 13 heavy (non-hydrogen) atoms. The van der Waals surface area contributed by atoms with Gasteiger partial charge in [-0.2, -0.15) is 0 Å². The van der Waals surface area contributed by atoms with Gasteiger partial charge in [-0.3, -0.25) is 0 Å². The Labute approximate surface area is 84.1 Å². The summed E-state index contributed by atoms with van der Waals surface area (Å²) < 4.78 is 1.77. The summed E-state index contributed by atoms with van der Waals surface area (Å²) in [5.74, 6) is 0. The lowest BCUT2D eigenvalue weighted by atomic mass is 10.2. The van der Waals surface area contributed by atoms with Crippen LogP contribution >= 0.6 is 11.6 Å². The number of aryl methyl sites for hydroxylation is 2. The lowest BCUT2D eigenvalue weighted by molar-refractivity contribution is 0.579. The van der Waals surface area contributed by atoms with E-state index in [1.54, 1.807) is 4.68 Å². The summed E-state index contributed by atoms with van der Waals surface area (Å²) in [5.41, 5.74) is 0.942. The highest BCUT2D eigenvalue weighted by Crippen LogP contribution is 2.15. The Morgan fingerprint density at radius 2 is 2.08 bits per heavy atom. The molecule has 4 heteroatoms. The minimum Gasteiger partial charge on any atom is -0.234 e. The average molecular weight is 202 g/mol. The van der Waals surface area contributed by atoms with E-state index in [4.69, 9.17) is 11.6 Å². The van der Waals surface area contributed by atoms with Crippen LogP contribution in [0.15, 0.2) is 0 Å². The molecule has 3 nitrogen and oxygen atoms in total. The highest BCUT2D eigenvalue weighted by molar-refractivity contribution is 6.30. The fraction of sp³-hybridized carbons (Fsp3) is 0.778. The van der Waals surface area contributed by atoms with E-state index in [1.807, 2.05) is 0 Å². The van der Waals surface area contributed by atoms with E-state index >= 15 is 0 Å². The van der Waals surface area contributed by atoms with Gasteiger partial charge >= 0.3 is 0 Å². The van der Waals surface area contributed by atoms with Crippen LogP contribution < -0.4 is 0 Å². The summed E-state index contributed by atoms with van der Waals surface area (Å²) >= 11 is 6.08. The number of halogens is 1. The molecule has 0 radical (unpaired) electrons. The van der Waals surface area contributed by atoms with Gasteiger partial charge in [0.2, 0.25) is 0 Å². The lowest BCUT2D eigenvalue weighted by Gasteiger charge is -1.98. The van der Waals surface area contributed by atoms with Gasteiger partial charge in [-0.05, 0) is 19.3 Å². The predicted molar refractivity (Wildman–Crippen MR) is 53.9 cm³/mol. The molecule has 0 aliphatic carbocycles. The fourth-order valence-electron chi connectivity index (χ4n) is 1.19. The first-order chi connectivity index (χ1) is 6.29. The average Bonchev–Trinajstić information content (AvgIpc) is 2.46. The molecule has 0 fully saturated rings. The molecule has 1 aromatic heterocycles. The van der Waals surface area contributed by atoms with E-state index in [2.05, 4.69) is 24.2 Å². The number of hydrogen-bond acceptors (Lipinski definition) is 2. The van der Waals surface area contributed by atoms with Gasteiger partial charge in [0, 0.05) is 6.54 Å². The maximum atomic E-state index is 6.08. The van der Waals surface area contributed by atoms with Crippen molar-refractivity contribution < 1.29 is 0 Å². The minimum atomic E-state index is 0.718. The monoisotopic (exact) mass is 201 g/mol. The van der Waals surface area contributed by atoms with Crippen molar-refractivity contribution in [1.29, 1.82) is 0 Å². The number of rotatable bonds is 5. The largest absolute Gasteiger partial charge is 0.234 e. The molecular formula is C9H16ClN3. The van der Waals surface area contributed by atoms with Crippen LogP contribution in [0.1, 0.15) is 38.8 Å². The van der Waals surface area contributed by atoms with Crippen LogP contribution in [0.3, 0.4) is 0 Å². The molecule has 0 saturated heterocycles. The molecule has 74 valence electrons. The van der Waals surface area contributed by atoms with Crippen molar-refractivity contribution in [2.24, 2.45) is 0 Å². The first kappa shape index (κ1) is 10.5. The number of aromatic nitrogens is 3. The quantitative estimate of drug-likeness (QED) is 0.734. The Bertz CT molecular complexity index is 257. The van der Waals surface area contributed by atoms with E-state index in [0.717, 1.165) is 43.1 Å². The fourth-order valence-corrected chi connectivity index (χ4v) is 1.44. The van der Waals surface area contributed by atoms with E-state index in [9.17, 15) is 0 Å². The van der Waals surface area contributed by atoms with E-state index < -0.39 is 0 Å². The second-order valence-electron chi connectivity index (χ2n) is 3.15. The number of nitrogens with zero attached hydrogens (tertiary/aromatic N) is 3. The maximum absolute atomic E-state index is 6.08. The molecule has 0 atom stereocenters. The van der Waals surface area contributed by atoms with Crippen molar-refractivity contribution in [1.82, 2.24) is 15.0 Å². The van der Waals surface area contributed by atoms with Crippen LogP contribution in [0.2, 0.25) is 5.15 Å². The molecule has 1 heterocycles. The molecule has 0 bridgehead atoms. The summed E-state index contributed by atoms with van der Waals surface area (Å²) in [6.07, 6.45) is 4.27. The van der Waals surface area contributed by atoms with Crippen molar-refractivity contribution in [3.8, 4) is 0 Å². The molecule has 1 rings (SSSR count). The maximum Gasteiger partial charge on any atom is 0.150 e. The normalized spacial score (nSPS) is 10.7. The van der Waals surface area contributed by atoms with Gasteiger partial charge in [0.1, 0.15) is 10.8 Å². The van der Waals surface area contributed by atoms with Crippen LogP contribution in [0.5, 0.6) is 0 Å². The summed E-state index contributed by atoms with van der Waals surface area (Å²) in [6.45, 7) is 5.12. The van der Waals surface area contributed by atoms with E-state index in [0.29, 0.717) is 0 Å². The molecule has 0 unspecified atom stereocenters. The van der Waals surface area contributed by atoms with Crippen LogP contribution in [-0.2, 0) is 13.0 Å². The summed E-state index contributed by atoms with van der Waals surface area (Å²) in [6, 6.07) is 0. The van der Waals surface area contributed by atoms with Crippen molar-refractivity contribution >= 4 is 11.6 Å². The summed E-state index contributed by atoms with van der Waals surface area (Å²) in [5, 5.41) is 8.76. The Kier molecular flexibility index (Phi) is 4.22. The second-order valence-corrected chi connectivity index (χ2v) is 3.51. The molecular weight excluding hydrogens is 186 g/mol. The second kappa shape index (κ2) is 5.22. The van der Waals surface area contributed by atoms with Gasteiger partial charge in [0.25, 0.3) is 0 Å². The Balaban J connectivity index is 2.62. The van der Waals surface area contributed by atoms with Gasteiger partial charge in [-0.15, -0.1) is 5.10 Å². The zero-order valence-electron chi connectivity index (χ0n) is 8.26. The van der Waals surface area contributed by atoms with Crippen molar-refractivity contribution in [2.75, 3.05) is 0 Å². The Morgan fingerprint density at radius 3 is 2.69 bits per heavy atom. The summed E-state index contributed by atoms with van der Waals surface area (Å²) in [7, 11) is 0. The Hall–Kier alpha value is -0.570. The lowest BCUT2D eigenvalue weighted by Crippen LogP contribution is -1.98. The summed E-state index contributed by atoms with van der Waals surface area (Å²) in [4.78, 5) is 0. The molecule has 0 saturated carbocycles. The molecule has 0 spiro atoms. The highest BCUT2D eigenvalue weighted by atomic mass is 35.5. The topological polar surface area (TPSA) is 30.7 Å². The smallest absolute Gasteiger partial charge is 0.150 e. The van der Waals surface area contributed by atoms with Crippen LogP contribution in [-0.4, -0.2) is 15.0 Å².